The number of nitrogens with one attached hydrogen (secondary N) is 1. The van der Waals surface area contributed by atoms with Crippen molar-refractivity contribution in [3.8, 4) is 0 Å². The van der Waals surface area contributed by atoms with Crippen LogP contribution in [0.2, 0.25) is 0 Å². The Labute approximate surface area is 289 Å². The van der Waals surface area contributed by atoms with Gasteiger partial charge in [-0.15, -0.1) is 0 Å². The lowest BCUT2D eigenvalue weighted by Crippen LogP contribution is -2.45. The highest BCUT2D eigenvalue weighted by Crippen LogP contribution is 2.43. The molecule has 5 N–H and O–H groups in total. The Hall–Kier alpha value is -1.02. The first kappa shape index (κ1) is 46.0. The van der Waals surface area contributed by atoms with Crippen LogP contribution in [-0.2, 0) is 18.4 Å². The van der Waals surface area contributed by atoms with E-state index in [4.69, 9.17) is 14.8 Å². The van der Waals surface area contributed by atoms with Crippen LogP contribution in [0, 0.1) is 0 Å². The fraction of sp³-hybridized carbons (Fsp3) is 0.868. The van der Waals surface area contributed by atoms with Crippen molar-refractivity contribution < 1.29 is 28.4 Å². The van der Waals surface area contributed by atoms with Crippen LogP contribution < -0.4 is 11.1 Å². The normalized spacial score (nSPS) is 14.6. The van der Waals surface area contributed by atoms with E-state index >= 15 is 0 Å². The minimum Gasteiger partial charge on any atom is -0.387 e. The lowest BCUT2D eigenvalue weighted by Gasteiger charge is -2.23. The Balaban J connectivity index is 4.02. The number of allylic oxidation sites excluding steroid dienone is 3. The van der Waals surface area contributed by atoms with Gasteiger partial charge in [-0.05, 0) is 25.7 Å². The number of phosphoric acid groups is 1. The van der Waals surface area contributed by atoms with Gasteiger partial charge in [0.1, 0.15) is 0 Å². The molecule has 0 heterocycles. The van der Waals surface area contributed by atoms with Crippen molar-refractivity contribution >= 4 is 13.7 Å². The molecule has 0 saturated heterocycles. The summed E-state index contributed by atoms with van der Waals surface area (Å²) in [4.78, 5) is 22.5. The Kier molecular flexibility index (Phi) is 34.1. The average Bonchev–Trinajstić information content (AvgIpc) is 3.05. The molecule has 0 fully saturated rings. The van der Waals surface area contributed by atoms with Gasteiger partial charge in [-0.2, -0.15) is 0 Å². The van der Waals surface area contributed by atoms with E-state index in [9.17, 15) is 19.4 Å². The maximum Gasteiger partial charge on any atom is 0.472 e. The molecule has 0 bridgehead atoms. The summed E-state index contributed by atoms with van der Waals surface area (Å²) >= 11 is 0. The largest absolute Gasteiger partial charge is 0.472 e. The van der Waals surface area contributed by atoms with E-state index < -0.39 is 20.0 Å². The summed E-state index contributed by atoms with van der Waals surface area (Å²) in [5.74, 6) is -0.206. The molecule has 0 aromatic rings. The van der Waals surface area contributed by atoms with E-state index in [-0.39, 0.29) is 25.7 Å². The zero-order valence-corrected chi connectivity index (χ0v) is 31.4. The number of unbranched alkanes of at least 4 members (excludes halogenated alkanes) is 22. The highest BCUT2D eigenvalue weighted by atomic mass is 31.2. The van der Waals surface area contributed by atoms with Gasteiger partial charge in [-0.1, -0.05) is 173 Å². The van der Waals surface area contributed by atoms with Gasteiger partial charge in [-0.3, -0.25) is 13.8 Å². The lowest BCUT2D eigenvalue weighted by atomic mass is 10.0. The summed E-state index contributed by atoms with van der Waals surface area (Å²) in [6, 6.07) is -0.869. The van der Waals surface area contributed by atoms with Gasteiger partial charge in [-0.25, -0.2) is 4.57 Å². The van der Waals surface area contributed by atoms with E-state index in [0.29, 0.717) is 6.42 Å². The Bertz CT molecular complexity index is 794. The molecule has 47 heavy (non-hydrogen) atoms. The van der Waals surface area contributed by atoms with Crippen LogP contribution in [0.4, 0.5) is 0 Å². The number of phosphoric ester groups is 1. The number of carbonyl (C=O) groups is 1. The van der Waals surface area contributed by atoms with Crippen molar-refractivity contribution in [2.45, 2.75) is 193 Å². The summed E-state index contributed by atoms with van der Waals surface area (Å²) in [7, 11) is -4.33. The van der Waals surface area contributed by atoms with Gasteiger partial charge in [0.15, 0.2) is 0 Å². The first-order valence-electron chi connectivity index (χ1n) is 19.5. The summed E-state index contributed by atoms with van der Waals surface area (Å²) in [6.07, 6.45) is 38.3. The van der Waals surface area contributed by atoms with Gasteiger partial charge in [0.05, 0.1) is 25.4 Å². The molecule has 9 heteroatoms. The molecule has 0 saturated carbocycles. The van der Waals surface area contributed by atoms with Gasteiger partial charge >= 0.3 is 7.82 Å². The third-order valence-electron chi connectivity index (χ3n) is 8.51. The first-order valence-corrected chi connectivity index (χ1v) is 21.0. The predicted octanol–water partition coefficient (Wildman–Crippen LogP) is 10.2. The zero-order valence-electron chi connectivity index (χ0n) is 30.5. The van der Waals surface area contributed by atoms with Gasteiger partial charge in [0, 0.05) is 13.0 Å². The Morgan fingerprint density at radius 2 is 1.13 bits per heavy atom. The minimum absolute atomic E-state index is 0.0750. The maximum atomic E-state index is 12.6. The fourth-order valence-corrected chi connectivity index (χ4v) is 6.33. The maximum absolute atomic E-state index is 12.6. The molecule has 0 aliphatic rings. The highest BCUT2D eigenvalue weighted by molar-refractivity contribution is 7.47. The summed E-state index contributed by atoms with van der Waals surface area (Å²) < 4.78 is 21.9. The van der Waals surface area contributed by atoms with Crippen molar-refractivity contribution in [2.75, 3.05) is 19.8 Å². The molecule has 278 valence electrons. The molecule has 0 radical (unpaired) electrons. The first-order chi connectivity index (χ1) is 22.9. The summed E-state index contributed by atoms with van der Waals surface area (Å²) in [5, 5.41) is 13.5. The molecule has 8 nitrogen and oxygen atoms in total. The van der Waals surface area contributed by atoms with Gasteiger partial charge in [0.25, 0.3) is 0 Å². The molecule has 1 amide bonds. The van der Waals surface area contributed by atoms with Crippen molar-refractivity contribution in [2.24, 2.45) is 5.73 Å². The average molecular weight is 687 g/mol. The summed E-state index contributed by atoms with van der Waals surface area (Å²) in [5.41, 5.74) is 5.33. The smallest absolute Gasteiger partial charge is 0.387 e. The number of nitrogens with two attached hydrogens (primary N) is 1. The second-order valence-electron chi connectivity index (χ2n) is 13.1. The molecule has 0 aliphatic heterocycles. The number of aliphatic hydroxyl groups excluding tert-OH is 1. The van der Waals surface area contributed by atoms with Crippen molar-refractivity contribution in [1.82, 2.24) is 5.32 Å². The number of hydrogen-bond donors (Lipinski definition) is 4. The molecule has 0 spiro atoms. The van der Waals surface area contributed by atoms with Crippen molar-refractivity contribution in [1.29, 1.82) is 0 Å². The lowest BCUT2D eigenvalue weighted by molar-refractivity contribution is -0.123. The monoisotopic (exact) mass is 687 g/mol. The molecular weight excluding hydrogens is 611 g/mol. The van der Waals surface area contributed by atoms with Crippen LogP contribution >= 0.6 is 7.82 Å². The molecule has 0 aromatic carbocycles. The van der Waals surface area contributed by atoms with Crippen LogP contribution in [0.25, 0.3) is 0 Å². The van der Waals surface area contributed by atoms with E-state index in [1.807, 2.05) is 6.08 Å². The van der Waals surface area contributed by atoms with E-state index in [1.54, 1.807) is 6.08 Å². The third kappa shape index (κ3) is 33.3. The van der Waals surface area contributed by atoms with E-state index in [0.717, 1.165) is 44.9 Å². The van der Waals surface area contributed by atoms with E-state index in [2.05, 4.69) is 31.3 Å². The van der Waals surface area contributed by atoms with Gasteiger partial charge < -0.3 is 21.1 Å². The Morgan fingerprint density at radius 3 is 1.60 bits per heavy atom. The second kappa shape index (κ2) is 34.8. The van der Waals surface area contributed by atoms with Crippen LogP contribution in [0.3, 0.4) is 0 Å². The highest BCUT2D eigenvalue weighted by Gasteiger charge is 2.26. The van der Waals surface area contributed by atoms with Crippen molar-refractivity contribution in [3.63, 3.8) is 0 Å². The van der Waals surface area contributed by atoms with Gasteiger partial charge in [0.2, 0.25) is 5.91 Å². The SMILES string of the molecule is CCC/C=C/CC/C=C/C(O)C(COP(=O)(O)OCCN)NC(=O)CCCCCCCCCCCCCCCCCCCCCCC. The second-order valence-corrected chi connectivity index (χ2v) is 14.6. The number of amides is 1. The van der Waals surface area contributed by atoms with Crippen LogP contribution in [0.5, 0.6) is 0 Å². The molecule has 0 aromatic heterocycles. The third-order valence-corrected chi connectivity index (χ3v) is 9.50. The number of carbonyl (C=O) groups excluding carboxylic acids is 1. The fourth-order valence-electron chi connectivity index (χ4n) is 5.57. The zero-order chi connectivity index (χ0) is 34.7. The number of rotatable bonds is 36. The molecular formula is C38H75N2O6P. The van der Waals surface area contributed by atoms with Crippen LogP contribution in [0.1, 0.15) is 181 Å². The van der Waals surface area contributed by atoms with Crippen LogP contribution in [0.15, 0.2) is 24.3 Å². The van der Waals surface area contributed by atoms with E-state index in [1.165, 1.54) is 116 Å². The number of hydrogen-bond acceptors (Lipinski definition) is 6. The minimum atomic E-state index is -4.33. The standard InChI is InChI=1S/C38H75N2O6P/c1-3-5-7-9-11-12-13-14-15-16-17-18-19-20-21-22-23-24-26-28-30-32-38(42)40-36(35-46-47(43,44)45-34-33-39)37(41)31-29-27-25-10-8-6-4-2/h8,10,29,31,36-37,41H,3-7,9,11-28,30,32-35,39H2,1-2H3,(H,40,42)(H,43,44)/b10-8+,31-29+. The molecule has 0 aliphatic carbocycles. The number of aliphatic hydroxyl groups is 1. The molecule has 3 atom stereocenters. The predicted molar refractivity (Wildman–Crippen MR) is 198 cm³/mol. The summed E-state index contributed by atoms with van der Waals surface area (Å²) in [6.45, 7) is 4.00. The molecule has 3 unspecified atom stereocenters. The van der Waals surface area contributed by atoms with Crippen molar-refractivity contribution in [3.05, 3.63) is 24.3 Å². The van der Waals surface area contributed by atoms with Crippen LogP contribution in [-0.4, -0.2) is 47.8 Å². The Morgan fingerprint density at radius 1 is 0.681 bits per heavy atom. The topological polar surface area (TPSA) is 131 Å². The quantitative estimate of drug-likeness (QED) is 0.0293. The molecule has 0 rings (SSSR count).